The van der Waals surface area contributed by atoms with Crippen LogP contribution in [-0.4, -0.2) is 36.4 Å². The molecule has 0 aromatic rings. The van der Waals surface area contributed by atoms with E-state index in [4.69, 9.17) is 9.47 Å². The standard InChI is InChI=1S/C35H68O5/c1-3-5-7-9-11-13-15-17-18-20-21-23-25-27-29-34(37)39-32-33(31-36)40-35(38)30-28-26-24-22-19-16-14-12-10-8-6-4-2/h33,36H,3-32H2,1-2H3/t33-/m0/s1. The molecule has 0 aliphatic carbocycles. The molecule has 0 saturated carbocycles. The third-order valence-corrected chi connectivity index (χ3v) is 7.90. The van der Waals surface area contributed by atoms with Gasteiger partial charge in [-0.1, -0.05) is 168 Å². The van der Waals surface area contributed by atoms with Crippen LogP contribution >= 0.6 is 0 Å². The SMILES string of the molecule is CCCCCCCCCCCCCCCCC(=O)OC[C@H](CO)OC(=O)CCCCCCCCCCCCCC. The van der Waals surface area contributed by atoms with Crippen LogP contribution in [0.5, 0.6) is 0 Å². The Kier molecular flexibility index (Phi) is 31.5. The zero-order valence-corrected chi connectivity index (χ0v) is 26.9. The fourth-order valence-corrected chi connectivity index (χ4v) is 5.20. The summed E-state index contributed by atoms with van der Waals surface area (Å²) in [6.07, 6.45) is 32.9. The third kappa shape index (κ3) is 29.9. The number of hydrogen-bond acceptors (Lipinski definition) is 5. The molecule has 0 aromatic carbocycles. The Morgan fingerprint density at radius 2 is 0.775 bits per heavy atom. The number of rotatable bonds is 32. The summed E-state index contributed by atoms with van der Waals surface area (Å²) in [6, 6.07) is 0. The number of hydrogen-bond donors (Lipinski definition) is 1. The third-order valence-electron chi connectivity index (χ3n) is 7.90. The average Bonchev–Trinajstić information content (AvgIpc) is 2.96. The quantitative estimate of drug-likeness (QED) is 0.0645. The van der Waals surface area contributed by atoms with E-state index in [0.29, 0.717) is 12.8 Å². The van der Waals surface area contributed by atoms with E-state index in [-0.39, 0.29) is 25.2 Å². The molecule has 0 fully saturated rings. The molecule has 5 nitrogen and oxygen atoms in total. The topological polar surface area (TPSA) is 72.8 Å². The van der Waals surface area contributed by atoms with Crippen LogP contribution in [0.1, 0.15) is 194 Å². The van der Waals surface area contributed by atoms with Crippen molar-refractivity contribution >= 4 is 11.9 Å². The Bertz CT molecular complexity index is 536. The number of aliphatic hydroxyl groups is 1. The second kappa shape index (κ2) is 32.4. The molecule has 0 rings (SSSR count). The van der Waals surface area contributed by atoms with Crippen LogP contribution in [0.2, 0.25) is 0 Å². The van der Waals surface area contributed by atoms with E-state index in [1.54, 1.807) is 0 Å². The van der Waals surface area contributed by atoms with Crippen molar-refractivity contribution in [3.63, 3.8) is 0 Å². The van der Waals surface area contributed by atoms with Crippen molar-refractivity contribution in [2.24, 2.45) is 0 Å². The number of carbonyl (C=O) groups is 2. The number of carbonyl (C=O) groups excluding carboxylic acids is 2. The Morgan fingerprint density at radius 1 is 0.475 bits per heavy atom. The van der Waals surface area contributed by atoms with E-state index in [1.807, 2.05) is 0 Å². The molecule has 238 valence electrons. The summed E-state index contributed by atoms with van der Waals surface area (Å²) in [5.41, 5.74) is 0. The molecule has 0 bridgehead atoms. The predicted molar refractivity (Wildman–Crippen MR) is 169 cm³/mol. The van der Waals surface area contributed by atoms with Crippen molar-refractivity contribution in [2.45, 2.75) is 200 Å². The van der Waals surface area contributed by atoms with Crippen molar-refractivity contribution in [2.75, 3.05) is 13.2 Å². The van der Waals surface area contributed by atoms with E-state index in [2.05, 4.69) is 13.8 Å². The number of unbranched alkanes of at least 4 members (excludes halogenated alkanes) is 24. The lowest BCUT2D eigenvalue weighted by atomic mass is 10.0. The average molecular weight is 569 g/mol. The van der Waals surface area contributed by atoms with Gasteiger partial charge in [0.1, 0.15) is 6.61 Å². The van der Waals surface area contributed by atoms with Crippen molar-refractivity contribution < 1.29 is 24.2 Å². The van der Waals surface area contributed by atoms with Crippen LogP contribution in [-0.2, 0) is 19.1 Å². The fraction of sp³-hybridized carbons (Fsp3) is 0.943. The second-order valence-corrected chi connectivity index (χ2v) is 12.0. The molecular formula is C35H68O5. The molecule has 0 heterocycles. The monoisotopic (exact) mass is 569 g/mol. The van der Waals surface area contributed by atoms with Gasteiger partial charge in [-0.15, -0.1) is 0 Å². The molecule has 0 aromatic heterocycles. The van der Waals surface area contributed by atoms with Gasteiger partial charge in [0.25, 0.3) is 0 Å². The number of ether oxygens (including phenoxy) is 2. The molecule has 0 unspecified atom stereocenters. The van der Waals surface area contributed by atoms with Gasteiger partial charge in [-0.3, -0.25) is 9.59 Å². The van der Waals surface area contributed by atoms with Gasteiger partial charge in [0.15, 0.2) is 6.10 Å². The smallest absolute Gasteiger partial charge is 0.306 e. The molecule has 0 radical (unpaired) electrons. The Morgan fingerprint density at radius 3 is 1.10 bits per heavy atom. The molecule has 0 spiro atoms. The van der Waals surface area contributed by atoms with Gasteiger partial charge in [-0.2, -0.15) is 0 Å². The molecule has 0 saturated heterocycles. The summed E-state index contributed by atoms with van der Waals surface area (Å²) in [4.78, 5) is 24.1. The van der Waals surface area contributed by atoms with Crippen LogP contribution in [0.15, 0.2) is 0 Å². The fourth-order valence-electron chi connectivity index (χ4n) is 5.20. The summed E-state index contributed by atoms with van der Waals surface area (Å²) in [5, 5.41) is 9.50. The first kappa shape index (κ1) is 38.9. The Labute approximate surface area is 248 Å². The van der Waals surface area contributed by atoms with Gasteiger partial charge >= 0.3 is 11.9 Å². The van der Waals surface area contributed by atoms with E-state index >= 15 is 0 Å². The minimum absolute atomic E-state index is 0.0574. The highest BCUT2D eigenvalue weighted by molar-refractivity contribution is 5.70. The van der Waals surface area contributed by atoms with E-state index in [1.165, 1.54) is 135 Å². The van der Waals surface area contributed by atoms with Crippen molar-refractivity contribution in [1.29, 1.82) is 0 Å². The summed E-state index contributed by atoms with van der Waals surface area (Å²) < 4.78 is 10.6. The van der Waals surface area contributed by atoms with Gasteiger partial charge < -0.3 is 14.6 Å². The van der Waals surface area contributed by atoms with Gasteiger partial charge in [0.05, 0.1) is 6.61 Å². The van der Waals surface area contributed by atoms with Crippen LogP contribution in [0.4, 0.5) is 0 Å². The van der Waals surface area contributed by atoms with E-state index in [9.17, 15) is 14.7 Å². The van der Waals surface area contributed by atoms with Crippen LogP contribution < -0.4 is 0 Å². The van der Waals surface area contributed by atoms with Gasteiger partial charge in [0, 0.05) is 12.8 Å². The lowest BCUT2D eigenvalue weighted by molar-refractivity contribution is -0.161. The molecule has 5 heteroatoms. The largest absolute Gasteiger partial charge is 0.462 e. The molecule has 0 amide bonds. The van der Waals surface area contributed by atoms with Crippen molar-refractivity contribution in [3.05, 3.63) is 0 Å². The predicted octanol–water partition coefficient (Wildman–Crippen LogP) is 10.4. The molecular weight excluding hydrogens is 500 g/mol. The first-order valence-electron chi connectivity index (χ1n) is 17.6. The molecule has 0 aliphatic rings. The normalized spacial score (nSPS) is 12.0. The van der Waals surface area contributed by atoms with Gasteiger partial charge in [0.2, 0.25) is 0 Å². The van der Waals surface area contributed by atoms with Crippen LogP contribution in [0.3, 0.4) is 0 Å². The molecule has 0 aliphatic heterocycles. The summed E-state index contributed by atoms with van der Waals surface area (Å²) in [5.74, 6) is -0.580. The van der Waals surface area contributed by atoms with Gasteiger partial charge in [-0.05, 0) is 12.8 Å². The second-order valence-electron chi connectivity index (χ2n) is 12.0. The Balaban J connectivity index is 3.52. The molecule has 1 N–H and O–H groups in total. The van der Waals surface area contributed by atoms with Crippen molar-refractivity contribution in [3.8, 4) is 0 Å². The van der Waals surface area contributed by atoms with Crippen LogP contribution in [0.25, 0.3) is 0 Å². The molecule has 40 heavy (non-hydrogen) atoms. The van der Waals surface area contributed by atoms with Crippen molar-refractivity contribution in [1.82, 2.24) is 0 Å². The lowest BCUT2D eigenvalue weighted by Gasteiger charge is -2.15. The van der Waals surface area contributed by atoms with Crippen LogP contribution in [0, 0.1) is 0 Å². The summed E-state index contributed by atoms with van der Waals surface area (Å²) >= 11 is 0. The lowest BCUT2D eigenvalue weighted by Crippen LogP contribution is -2.28. The summed E-state index contributed by atoms with van der Waals surface area (Å²) in [6.45, 7) is 4.14. The number of esters is 2. The highest BCUT2D eigenvalue weighted by Gasteiger charge is 2.16. The molecule has 1 atom stereocenters. The minimum Gasteiger partial charge on any atom is -0.462 e. The van der Waals surface area contributed by atoms with Gasteiger partial charge in [-0.25, -0.2) is 0 Å². The zero-order chi connectivity index (χ0) is 29.4. The minimum atomic E-state index is -0.759. The highest BCUT2D eigenvalue weighted by atomic mass is 16.6. The maximum absolute atomic E-state index is 12.1. The first-order chi connectivity index (χ1) is 19.6. The Hall–Kier alpha value is -1.10. The highest BCUT2D eigenvalue weighted by Crippen LogP contribution is 2.15. The van der Waals surface area contributed by atoms with E-state index < -0.39 is 6.10 Å². The zero-order valence-electron chi connectivity index (χ0n) is 26.9. The maximum atomic E-state index is 12.1. The van der Waals surface area contributed by atoms with E-state index in [0.717, 1.165) is 32.1 Å². The first-order valence-corrected chi connectivity index (χ1v) is 17.6. The summed E-state index contributed by atoms with van der Waals surface area (Å²) in [7, 11) is 0. The number of aliphatic hydroxyl groups excluding tert-OH is 1. The maximum Gasteiger partial charge on any atom is 0.306 e.